The highest BCUT2D eigenvalue weighted by molar-refractivity contribution is 6.32. The fourth-order valence-corrected chi connectivity index (χ4v) is 2.02. The van der Waals surface area contributed by atoms with Crippen LogP contribution in [0.15, 0.2) is 16.7 Å². The summed E-state index contributed by atoms with van der Waals surface area (Å²) in [6.07, 6.45) is 1.40. The molecule has 1 aromatic heterocycles. The Kier molecular flexibility index (Phi) is 3.67. The summed E-state index contributed by atoms with van der Waals surface area (Å²) in [6.45, 7) is 3.07. The number of carbonyl (C=O) groups excluding carboxylic acids is 1. The molecule has 0 aliphatic carbocycles. The molecule has 1 amide bonds. The highest BCUT2D eigenvalue weighted by atomic mass is 35.5. The number of rotatable bonds is 2. The van der Waals surface area contributed by atoms with Gasteiger partial charge in [-0.05, 0) is 17.7 Å². The Balaban J connectivity index is 1.96. The smallest absolute Gasteiger partial charge is 0.258 e. The Morgan fingerprint density at radius 3 is 2.71 bits per heavy atom. The van der Waals surface area contributed by atoms with Crippen LogP contribution in [0.25, 0.3) is 0 Å². The summed E-state index contributed by atoms with van der Waals surface area (Å²) in [5.41, 5.74) is 0.403. The maximum atomic E-state index is 12.0. The summed E-state index contributed by atoms with van der Waals surface area (Å²) >= 11 is 5.76. The van der Waals surface area contributed by atoms with Crippen molar-refractivity contribution in [1.82, 2.24) is 9.80 Å². The number of hydrogen-bond donors (Lipinski definition) is 0. The Bertz CT molecular complexity index is 444. The van der Waals surface area contributed by atoms with Crippen molar-refractivity contribution in [1.29, 1.82) is 5.26 Å². The minimum Gasteiger partial charge on any atom is -0.452 e. The van der Waals surface area contributed by atoms with Crippen LogP contribution in [0, 0.1) is 11.3 Å². The zero-order valence-corrected chi connectivity index (χ0v) is 9.98. The Labute approximate surface area is 104 Å². The van der Waals surface area contributed by atoms with Crippen molar-refractivity contribution in [3.8, 4) is 6.07 Å². The molecule has 17 heavy (non-hydrogen) atoms. The molecule has 0 atom stereocenters. The van der Waals surface area contributed by atoms with Crippen molar-refractivity contribution in [2.45, 2.75) is 0 Å². The third kappa shape index (κ3) is 2.60. The molecule has 0 aromatic carbocycles. The molecule has 1 saturated heterocycles. The van der Waals surface area contributed by atoms with Crippen LogP contribution in [0.1, 0.15) is 10.4 Å². The predicted octanol–water partition coefficient (Wildman–Crippen LogP) is 1.21. The molecule has 2 heterocycles. The largest absolute Gasteiger partial charge is 0.452 e. The van der Waals surface area contributed by atoms with Crippen molar-refractivity contribution in [2.24, 2.45) is 0 Å². The summed E-state index contributed by atoms with van der Waals surface area (Å²) in [6, 6.07) is 3.68. The van der Waals surface area contributed by atoms with Gasteiger partial charge < -0.3 is 9.32 Å². The van der Waals surface area contributed by atoms with E-state index in [2.05, 4.69) is 6.07 Å². The summed E-state index contributed by atoms with van der Waals surface area (Å²) in [7, 11) is 0. The van der Waals surface area contributed by atoms with E-state index < -0.39 is 0 Å². The normalized spacial score (nSPS) is 16.8. The fraction of sp³-hybridized carbons (Fsp3) is 0.455. The number of carbonyl (C=O) groups is 1. The monoisotopic (exact) mass is 253 g/mol. The second-order valence-electron chi connectivity index (χ2n) is 3.83. The van der Waals surface area contributed by atoms with Crippen LogP contribution in [-0.2, 0) is 0 Å². The number of halogens is 1. The average molecular weight is 254 g/mol. The lowest BCUT2D eigenvalue weighted by atomic mass is 10.2. The Morgan fingerprint density at radius 1 is 1.47 bits per heavy atom. The molecule has 1 fully saturated rings. The molecule has 0 bridgehead atoms. The third-order valence-corrected chi connectivity index (χ3v) is 3.09. The van der Waals surface area contributed by atoms with Gasteiger partial charge in [-0.2, -0.15) is 5.26 Å². The molecule has 1 aliphatic rings. The summed E-state index contributed by atoms with van der Waals surface area (Å²) in [5.74, 6) is -0.111. The van der Waals surface area contributed by atoms with Crippen molar-refractivity contribution in [3.63, 3.8) is 0 Å². The fourth-order valence-electron chi connectivity index (χ4n) is 1.83. The molecule has 0 saturated carbocycles. The topological polar surface area (TPSA) is 60.5 Å². The van der Waals surface area contributed by atoms with Gasteiger partial charge >= 0.3 is 0 Å². The number of amides is 1. The maximum absolute atomic E-state index is 12.0. The van der Waals surface area contributed by atoms with Crippen LogP contribution in [-0.4, -0.2) is 48.4 Å². The van der Waals surface area contributed by atoms with E-state index in [0.717, 1.165) is 13.1 Å². The highest BCUT2D eigenvalue weighted by Gasteiger charge is 2.24. The van der Waals surface area contributed by atoms with Gasteiger partial charge in [0.25, 0.3) is 5.91 Å². The molecule has 5 nitrogen and oxygen atoms in total. The van der Waals surface area contributed by atoms with E-state index in [-0.39, 0.29) is 11.1 Å². The van der Waals surface area contributed by atoms with Gasteiger partial charge in [0.1, 0.15) is 0 Å². The molecular formula is C11H12ClN3O2. The molecule has 1 aliphatic heterocycles. The maximum Gasteiger partial charge on any atom is 0.258 e. The zero-order valence-electron chi connectivity index (χ0n) is 9.23. The number of hydrogen-bond acceptors (Lipinski definition) is 4. The number of piperazine rings is 1. The molecular weight excluding hydrogens is 242 g/mol. The SMILES string of the molecule is N#CCN1CCN(C(=O)c2ccoc2Cl)CC1. The second-order valence-corrected chi connectivity index (χ2v) is 4.18. The van der Waals surface area contributed by atoms with Crippen LogP contribution in [0.3, 0.4) is 0 Å². The molecule has 90 valence electrons. The minimum absolute atomic E-state index is 0.111. The Morgan fingerprint density at radius 2 is 2.18 bits per heavy atom. The van der Waals surface area contributed by atoms with Crippen LogP contribution < -0.4 is 0 Å². The molecule has 0 unspecified atom stereocenters. The highest BCUT2D eigenvalue weighted by Crippen LogP contribution is 2.19. The minimum atomic E-state index is -0.111. The first-order chi connectivity index (χ1) is 8.22. The third-order valence-electron chi connectivity index (χ3n) is 2.80. The van der Waals surface area contributed by atoms with Gasteiger partial charge in [0.05, 0.1) is 24.4 Å². The van der Waals surface area contributed by atoms with Gasteiger partial charge in [0, 0.05) is 26.2 Å². The lowest BCUT2D eigenvalue weighted by Gasteiger charge is -2.33. The standard InChI is InChI=1S/C11H12ClN3O2/c12-10-9(1-8-17-10)11(16)15-6-4-14(3-2-13)5-7-15/h1,8H,3-7H2. The lowest BCUT2D eigenvalue weighted by molar-refractivity contribution is 0.0651. The van der Waals surface area contributed by atoms with Gasteiger partial charge in [0.2, 0.25) is 5.22 Å². The first-order valence-electron chi connectivity index (χ1n) is 5.34. The van der Waals surface area contributed by atoms with Gasteiger partial charge in [-0.25, -0.2) is 0 Å². The van der Waals surface area contributed by atoms with E-state index in [0.29, 0.717) is 25.2 Å². The quantitative estimate of drug-likeness (QED) is 0.744. The van der Waals surface area contributed by atoms with Crippen LogP contribution >= 0.6 is 11.6 Å². The molecule has 0 N–H and O–H groups in total. The molecule has 6 heteroatoms. The lowest BCUT2D eigenvalue weighted by Crippen LogP contribution is -2.48. The summed E-state index contributed by atoms with van der Waals surface area (Å²) in [5, 5.41) is 8.71. The van der Waals surface area contributed by atoms with E-state index in [1.54, 1.807) is 11.0 Å². The van der Waals surface area contributed by atoms with Crippen molar-refractivity contribution >= 4 is 17.5 Å². The number of nitriles is 1. The summed E-state index contributed by atoms with van der Waals surface area (Å²) in [4.78, 5) is 15.8. The van der Waals surface area contributed by atoms with Crippen LogP contribution in [0.5, 0.6) is 0 Å². The van der Waals surface area contributed by atoms with E-state index in [9.17, 15) is 4.79 Å². The van der Waals surface area contributed by atoms with E-state index in [4.69, 9.17) is 21.3 Å². The Hall–Kier alpha value is -1.51. The first kappa shape index (κ1) is 12.0. The van der Waals surface area contributed by atoms with Gasteiger partial charge in [0.15, 0.2) is 0 Å². The molecule has 0 spiro atoms. The number of nitrogens with zero attached hydrogens (tertiary/aromatic N) is 3. The van der Waals surface area contributed by atoms with E-state index in [1.807, 2.05) is 4.90 Å². The van der Waals surface area contributed by atoms with Crippen molar-refractivity contribution in [3.05, 3.63) is 23.1 Å². The zero-order chi connectivity index (χ0) is 12.3. The van der Waals surface area contributed by atoms with Crippen molar-refractivity contribution in [2.75, 3.05) is 32.7 Å². The summed E-state index contributed by atoms with van der Waals surface area (Å²) < 4.78 is 4.90. The number of furan rings is 1. The molecule has 2 rings (SSSR count). The van der Waals surface area contributed by atoms with Gasteiger partial charge in [-0.3, -0.25) is 9.69 Å². The second kappa shape index (κ2) is 5.21. The average Bonchev–Trinajstić information content (AvgIpc) is 2.76. The van der Waals surface area contributed by atoms with Crippen LogP contribution in [0.2, 0.25) is 5.22 Å². The molecule has 0 radical (unpaired) electrons. The van der Waals surface area contributed by atoms with E-state index in [1.165, 1.54) is 6.26 Å². The molecule has 1 aromatic rings. The van der Waals surface area contributed by atoms with Gasteiger partial charge in [-0.15, -0.1) is 0 Å². The van der Waals surface area contributed by atoms with Gasteiger partial charge in [-0.1, -0.05) is 0 Å². The predicted molar refractivity (Wildman–Crippen MR) is 61.7 cm³/mol. The first-order valence-corrected chi connectivity index (χ1v) is 5.71. The van der Waals surface area contributed by atoms with Crippen molar-refractivity contribution < 1.29 is 9.21 Å². The van der Waals surface area contributed by atoms with Crippen LogP contribution in [0.4, 0.5) is 0 Å². The van der Waals surface area contributed by atoms with E-state index >= 15 is 0 Å².